The van der Waals surface area contributed by atoms with Crippen molar-refractivity contribution in [1.82, 2.24) is 4.57 Å². The largest absolute Gasteiger partial charge is 0.493 e. The zero-order chi connectivity index (χ0) is 26.2. The normalized spacial score (nSPS) is 14.5. The second-order valence-corrected chi connectivity index (χ2v) is 9.05. The summed E-state index contributed by atoms with van der Waals surface area (Å²) in [6.45, 7) is 3.01. The van der Waals surface area contributed by atoms with Crippen LogP contribution in [0.15, 0.2) is 102 Å². The van der Waals surface area contributed by atoms with E-state index >= 15 is 0 Å². The number of anilines is 1. The van der Waals surface area contributed by atoms with Gasteiger partial charge in [0.05, 0.1) is 19.9 Å². The lowest BCUT2D eigenvalue weighted by Gasteiger charge is -2.19. The van der Waals surface area contributed by atoms with Gasteiger partial charge in [-0.1, -0.05) is 54.6 Å². The predicted molar refractivity (Wildman–Crippen MR) is 153 cm³/mol. The number of rotatable bonds is 6. The summed E-state index contributed by atoms with van der Waals surface area (Å²) in [7, 11) is 3.19. The molecule has 0 atom stereocenters. The molecule has 5 aromatic rings. The van der Waals surface area contributed by atoms with Crippen molar-refractivity contribution < 1.29 is 14.3 Å². The zero-order valence-corrected chi connectivity index (χ0v) is 21.5. The van der Waals surface area contributed by atoms with Gasteiger partial charge in [0.25, 0.3) is 5.91 Å². The first-order chi connectivity index (χ1) is 18.6. The number of carbonyl (C=O) groups is 1. The van der Waals surface area contributed by atoms with E-state index in [2.05, 4.69) is 47.9 Å². The molecule has 6 rings (SSSR count). The lowest BCUT2D eigenvalue weighted by atomic mass is 10.1. The molecular formula is C32H27N3O3. The van der Waals surface area contributed by atoms with E-state index in [4.69, 9.17) is 14.5 Å². The Kier molecular flexibility index (Phi) is 5.92. The number of hydrogen-bond acceptors (Lipinski definition) is 4. The first-order valence-corrected chi connectivity index (χ1v) is 12.6. The molecule has 0 aliphatic carbocycles. The van der Waals surface area contributed by atoms with Crippen LogP contribution in [-0.4, -0.2) is 30.5 Å². The minimum absolute atomic E-state index is 0.183. The number of carbonyl (C=O) groups excluding carboxylic acids is 1. The molecule has 4 aromatic carbocycles. The van der Waals surface area contributed by atoms with Gasteiger partial charge in [-0.25, -0.2) is 4.99 Å². The Labute approximate surface area is 221 Å². The Morgan fingerprint density at radius 2 is 1.53 bits per heavy atom. The van der Waals surface area contributed by atoms with Crippen LogP contribution in [0.3, 0.4) is 0 Å². The van der Waals surface area contributed by atoms with Crippen molar-refractivity contribution in [3.63, 3.8) is 0 Å². The molecular weight excluding hydrogens is 474 g/mol. The molecule has 1 aliphatic heterocycles. The number of hydrogen-bond donors (Lipinski definition) is 0. The summed E-state index contributed by atoms with van der Waals surface area (Å²) in [4.78, 5) is 20.5. The van der Waals surface area contributed by atoms with E-state index in [9.17, 15) is 4.79 Å². The number of aryl methyl sites for hydroxylation is 1. The number of aromatic nitrogens is 1. The molecule has 188 valence electrons. The number of amidine groups is 1. The molecule has 6 nitrogen and oxygen atoms in total. The third-order valence-electron chi connectivity index (χ3n) is 6.93. The maximum atomic E-state index is 13.9. The zero-order valence-electron chi connectivity index (χ0n) is 21.5. The van der Waals surface area contributed by atoms with Crippen molar-refractivity contribution in [1.29, 1.82) is 0 Å². The molecule has 0 saturated carbocycles. The third kappa shape index (κ3) is 3.82. The molecule has 0 radical (unpaired) electrons. The number of benzene rings is 4. The van der Waals surface area contributed by atoms with Crippen molar-refractivity contribution in [3.8, 4) is 11.5 Å². The van der Waals surface area contributed by atoms with Gasteiger partial charge >= 0.3 is 0 Å². The summed E-state index contributed by atoms with van der Waals surface area (Å²) in [5.41, 5.74) is 5.12. The molecule has 0 fully saturated rings. The van der Waals surface area contributed by atoms with Gasteiger partial charge in [-0.2, -0.15) is 0 Å². The molecule has 1 amide bonds. The van der Waals surface area contributed by atoms with Gasteiger partial charge in [0.2, 0.25) is 0 Å². The molecule has 38 heavy (non-hydrogen) atoms. The van der Waals surface area contributed by atoms with Crippen molar-refractivity contribution in [2.75, 3.05) is 19.1 Å². The Balaban J connectivity index is 1.50. The number of para-hydroxylation sites is 1. The molecule has 2 heterocycles. The molecule has 0 spiro atoms. The van der Waals surface area contributed by atoms with E-state index in [-0.39, 0.29) is 5.91 Å². The maximum Gasteiger partial charge on any atom is 0.282 e. The monoisotopic (exact) mass is 501 g/mol. The Morgan fingerprint density at radius 1 is 0.789 bits per heavy atom. The van der Waals surface area contributed by atoms with Crippen molar-refractivity contribution >= 4 is 45.3 Å². The number of aliphatic imine (C=N–C) groups is 1. The molecule has 6 heteroatoms. The minimum atomic E-state index is -0.183. The fourth-order valence-electron chi connectivity index (χ4n) is 5.16. The highest BCUT2D eigenvalue weighted by Gasteiger charge is 2.33. The van der Waals surface area contributed by atoms with Crippen molar-refractivity contribution in [3.05, 3.63) is 108 Å². The quantitative estimate of drug-likeness (QED) is 0.244. The molecule has 0 unspecified atom stereocenters. The third-order valence-corrected chi connectivity index (χ3v) is 6.93. The molecule has 0 saturated heterocycles. The molecule has 1 aliphatic rings. The number of ether oxygens (including phenoxy) is 2. The second-order valence-electron chi connectivity index (χ2n) is 9.05. The van der Waals surface area contributed by atoms with Crippen LogP contribution in [0, 0.1) is 0 Å². The van der Waals surface area contributed by atoms with Crippen LogP contribution in [0.5, 0.6) is 11.5 Å². The number of methoxy groups -OCH3 is 2. The number of fused-ring (bicyclic) bond motifs is 3. The average molecular weight is 502 g/mol. The van der Waals surface area contributed by atoms with Gasteiger partial charge < -0.3 is 14.0 Å². The van der Waals surface area contributed by atoms with E-state index < -0.39 is 0 Å². The maximum absolute atomic E-state index is 13.9. The van der Waals surface area contributed by atoms with Gasteiger partial charge in [-0.15, -0.1) is 0 Å². The van der Waals surface area contributed by atoms with Gasteiger partial charge in [-0.05, 0) is 55.0 Å². The van der Waals surface area contributed by atoms with Crippen LogP contribution in [0.25, 0.3) is 27.9 Å². The van der Waals surface area contributed by atoms with E-state index in [1.807, 2.05) is 54.6 Å². The van der Waals surface area contributed by atoms with E-state index in [0.29, 0.717) is 23.0 Å². The summed E-state index contributed by atoms with van der Waals surface area (Å²) in [5, 5.41) is 2.27. The van der Waals surface area contributed by atoms with Crippen LogP contribution in [0.1, 0.15) is 18.1 Å². The minimum Gasteiger partial charge on any atom is -0.493 e. The highest BCUT2D eigenvalue weighted by Crippen LogP contribution is 2.35. The fraction of sp³-hybridized carbons (Fsp3) is 0.125. The SMILES string of the molecule is CCn1c2ccccc2c2cc(N3C(=O)C(=Cc4ccc(OC)c(OC)c4)N=C3c3ccccc3)ccc21. The van der Waals surface area contributed by atoms with Gasteiger partial charge in [0.1, 0.15) is 11.5 Å². The van der Waals surface area contributed by atoms with Gasteiger partial charge in [-0.3, -0.25) is 9.69 Å². The summed E-state index contributed by atoms with van der Waals surface area (Å²) in [6.07, 6.45) is 1.79. The van der Waals surface area contributed by atoms with Gasteiger partial charge in [0.15, 0.2) is 11.5 Å². The van der Waals surface area contributed by atoms with Crippen LogP contribution < -0.4 is 14.4 Å². The highest BCUT2D eigenvalue weighted by atomic mass is 16.5. The summed E-state index contributed by atoms with van der Waals surface area (Å²) >= 11 is 0. The van der Waals surface area contributed by atoms with Crippen LogP contribution in [0.4, 0.5) is 5.69 Å². The number of nitrogens with zero attached hydrogens (tertiary/aromatic N) is 3. The fourth-order valence-corrected chi connectivity index (χ4v) is 5.16. The van der Waals surface area contributed by atoms with Crippen molar-refractivity contribution in [2.24, 2.45) is 4.99 Å². The second kappa shape index (κ2) is 9.56. The van der Waals surface area contributed by atoms with E-state index in [1.54, 1.807) is 25.2 Å². The van der Waals surface area contributed by atoms with Crippen LogP contribution >= 0.6 is 0 Å². The van der Waals surface area contributed by atoms with Crippen LogP contribution in [0.2, 0.25) is 0 Å². The molecule has 1 aromatic heterocycles. The Morgan fingerprint density at radius 3 is 2.29 bits per heavy atom. The topological polar surface area (TPSA) is 56.1 Å². The standard InChI is InChI=1S/C32H27N3O3/c1-4-34-27-13-9-8-12-24(27)25-20-23(15-16-28(25)34)35-31(22-10-6-5-7-11-22)33-26(32(35)36)18-21-14-17-29(37-2)30(19-21)38-3/h5-20H,4H2,1-3H3. The smallest absolute Gasteiger partial charge is 0.282 e. The summed E-state index contributed by atoms with van der Waals surface area (Å²) < 4.78 is 13.1. The highest BCUT2D eigenvalue weighted by molar-refractivity contribution is 6.33. The van der Waals surface area contributed by atoms with Gasteiger partial charge in [0, 0.05) is 33.9 Å². The van der Waals surface area contributed by atoms with E-state index in [0.717, 1.165) is 39.6 Å². The summed E-state index contributed by atoms with van der Waals surface area (Å²) in [6, 6.07) is 29.9. The van der Waals surface area contributed by atoms with E-state index in [1.165, 1.54) is 5.52 Å². The van der Waals surface area contributed by atoms with Crippen molar-refractivity contribution in [2.45, 2.75) is 13.5 Å². The predicted octanol–water partition coefficient (Wildman–Crippen LogP) is 6.67. The lowest BCUT2D eigenvalue weighted by Crippen LogP contribution is -2.32. The Bertz CT molecular complexity index is 1750. The lowest BCUT2D eigenvalue weighted by molar-refractivity contribution is -0.113. The molecule has 0 N–H and O–H groups in total. The Hall–Kier alpha value is -4.84. The summed E-state index contributed by atoms with van der Waals surface area (Å²) in [5.74, 6) is 1.63. The average Bonchev–Trinajstić information content (AvgIpc) is 3.47. The van der Waals surface area contributed by atoms with Crippen LogP contribution in [-0.2, 0) is 11.3 Å². The number of amides is 1. The first kappa shape index (κ1) is 23.6. The molecule has 0 bridgehead atoms. The first-order valence-electron chi connectivity index (χ1n) is 12.6.